The van der Waals surface area contributed by atoms with Crippen LogP contribution in [-0.4, -0.2) is 29.9 Å². The van der Waals surface area contributed by atoms with Crippen molar-refractivity contribution in [3.63, 3.8) is 0 Å². The van der Waals surface area contributed by atoms with Gasteiger partial charge in [0.05, 0.1) is 12.1 Å². The average molecular weight is 278 g/mol. The molecule has 3 rings (SSSR count). The lowest BCUT2D eigenvalue weighted by Crippen LogP contribution is -2.49. The Morgan fingerprint density at radius 2 is 2.32 bits per heavy atom. The number of hydrogen-bond donors (Lipinski definition) is 1. The molecule has 2 aliphatic rings. The van der Waals surface area contributed by atoms with E-state index in [0.717, 1.165) is 25.9 Å². The second-order valence-electron chi connectivity index (χ2n) is 5.61. The van der Waals surface area contributed by atoms with E-state index in [1.165, 1.54) is 29.7 Å². The van der Waals surface area contributed by atoms with Crippen LogP contribution in [0.5, 0.6) is 0 Å². The van der Waals surface area contributed by atoms with Gasteiger partial charge in [0, 0.05) is 11.4 Å². The Bertz CT molecular complexity index is 449. The molecule has 1 fully saturated rings. The van der Waals surface area contributed by atoms with E-state index < -0.39 is 0 Å². The Kier molecular flexibility index (Phi) is 3.89. The van der Waals surface area contributed by atoms with Crippen molar-refractivity contribution in [3.05, 3.63) is 21.9 Å². The number of carbonyl (C=O) groups excluding carboxylic acids is 1. The van der Waals surface area contributed by atoms with E-state index in [4.69, 9.17) is 0 Å². The van der Waals surface area contributed by atoms with Crippen LogP contribution in [-0.2, 0) is 11.2 Å². The molecule has 1 aromatic rings. The first-order valence-electron chi connectivity index (χ1n) is 7.37. The molecule has 3 nitrogen and oxygen atoms in total. The molecule has 104 valence electrons. The van der Waals surface area contributed by atoms with Crippen molar-refractivity contribution < 1.29 is 4.79 Å². The lowest BCUT2D eigenvalue weighted by atomic mass is 9.99. The molecule has 1 saturated heterocycles. The van der Waals surface area contributed by atoms with Crippen LogP contribution >= 0.6 is 11.3 Å². The largest absolute Gasteiger partial charge is 0.334 e. The van der Waals surface area contributed by atoms with Crippen molar-refractivity contribution in [2.75, 3.05) is 13.1 Å². The van der Waals surface area contributed by atoms with Crippen LogP contribution in [0.3, 0.4) is 0 Å². The van der Waals surface area contributed by atoms with E-state index in [1.807, 2.05) is 11.3 Å². The molecule has 0 bridgehead atoms. The Morgan fingerprint density at radius 3 is 3.21 bits per heavy atom. The molecule has 1 N–H and O–H groups in total. The van der Waals surface area contributed by atoms with Crippen molar-refractivity contribution in [2.45, 2.75) is 51.1 Å². The summed E-state index contributed by atoms with van der Waals surface area (Å²) in [6, 6.07) is 2.47. The summed E-state index contributed by atoms with van der Waals surface area (Å²) in [5.41, 5.74) is 1.36. The van der Waals surface area contributed by atoms with Crippen LogP contribution in [0.1, 0.15) is 49.1 Å². The minimum Gasteiger partial charge on any atom is -0.334 e. The first kappa shape index (κ1) is 13.1. The van der Waals surface area contributed by atoms with Crippen LogP contribution in [0.4, 0.5) is 0 Å². The second-order valence-corrected chi connectivity index (χ2v) is 6.61. The Hall–Kier alpha value is -0.870. The summed E-state index contributed by atoms with van der Waals surface area (Å²) >= 11 is 1.83. The van der Waals surface area contributed by atoms with E-state index >= 15 is 0 Å². The maximum atomic E-state index is 12.7. The van der Waals surface area contributed by atoms with Crippen molar-refractivity contribution in [2.24, 2.45) is 0 Å². The molecule has 0 aromatic carbocycles. The van der Waals surface area contributed by atoms with Crippen molar-refractivity contribution in [3.8, 4) is 0 Å². The maximum Gasteiger partial charge on any atom is 0.240 e. The Balaban J connectivity index is 1.73. The van der Waals surface area contributed by atoms with E-state index in [1.54, 1.807) is 0 Å². The molecule has 19 heavy (non-hydrogen) atoms. The normalized spacial score (nSPS) is 27.7. The average Bonchev–Trinajstić information content (AvgIpc) is 2.73. The number of fused-ring (bicyclic) bond motifs is 1. The van der Waals surface area contributed by atoms with Gasteiger partial charge in [0.25, 0.3) is 0 Å². The van der Waals surface area contributed by atoms with Gasteiger partial charge in [-0.1, -0.05) is 12.8 Å². The van der Waals surface area contributed by atoms with E-state index in [0.29, 0.717) is 5.91 Å². The number of nitrogens with zero attached hydrogens (tertiary/aromatic N) is 1. The minimum atomic E-state index is 0.0464. The number of hydrogen-bond acceptors (Lipinski definition) is 3. The van der Waals surface area contributed by atoms with Crippen LogP contribution in [0, 0.1) is 0 Å². The maximum absolute atomic E-state index is 12.7. The molecule has 0 saturated carbocycles. The summed E-state index contributed by atoms with van der Waals surface area (Å²) in [4.78, 5) is 16.3. The minimum absolute atomic E-state index is 0.0464. The van der Waals surface area contributed by atoms with Gasteiger partial charge in [-0.05, 0) is 49.7 Å². The molecule has 2 unspecified atom stereocenters. The number of nitrogens with one attached hydrogen (secondary N) is 1. The number of amides is 1. The zero-order valence-corrected chi connectivity index (χ0v) is 12.3. The van der Waals surface area contributed by atoms with E-state index in [-0.39, 0.29) is 12.1 Å². The lowest BCUT2D eigenvalue weighted by Gasteiger charge is -2.36. The lowest BCUT2D eigenvalue weighted by molar-refractivity contribution is -0.136. The van der Waals surface area contributed by atoms with Gasteiger partial charge in [-0.25, -0.2) is 0 Å². The second kappa shape index (κ2) is 5.63. The zero-order valence-electron chi connectivity index (χ0n) is 11.5. The smallest absolute Gasteiger partial charge is 0.240 e. The third-order valence-corrected chi connectivity index (χ3v) is 5.42. The molecule has 3 heterocycles. The number of rotatable bonds is 1. The van der Waals surface area contributed by atoms with Crippen molar-refractivity contribution in [1.82, 2.24) is 10.2 Å². The van der Waals surface area contributed by atoms with Gasteiger partial charge in [0.2, 0.25) is 5.91 Å². The fourth-order valence-electron chi connectivity index (χ4n) is 3.25. The molecule has 2 aliphatic heterocycles. The molecule has 0 spiro atoms. The molecular formula is C15H22N2OS. The SMILES string of the molecule is CC1c2ccsc2CCN1C(=O)C1CCCCCN1. The molecule has 4 heteroatoms. The number of carbonyl (C=O) groups is 1. The molecule has 1 aromatic heterocycles. The third kappa shape index (κ3) is 2.56. The standard InChI is InChI=1S/C15H22N2OS/c1-11-12-7-10-19-14(12)6-9-17(11)15(18)13-5-3-2-4-8-16-13/h7,10-11,13,16H,2-6,8-9H2,1H3. The van der Waals surface area contributed by atoms with Gasteiger partial charge in [0.15, 0.2) is 0 Å². The predicted octanol–water partition coefficient (Wildman–Crippen LogP) is 2.73. The molecule has 2 atom stereocenters. The van der Waals surface area contributed by atoms with E-state index in [9.17, 15) is 4.79 Å². The Labute approximate surface area is 119 Å². The highest BCUT2D eigenvalue weighted by atomic mass is 32.1. The monoisotopic (exact) mass is 278 g/mol. The highest BCUT2D eigenvalue weighted by Gasteiger charge is 2.32. The zero-order chi connectivity index (χ0) is 13.2. The third-order valence-electron chi connectivity index (χ3n) is 4.42. The summed E-state index contributed by atoms with van der Waals surface area (Å²) in [5.74, 6) is 0.311. The van der Waals surface area contributed by atoms with Crippen LogP contribution in [0.2, 0.25) is 0 Å². The summed E-state index contributed by atoms with van der Waals surface area (Å²) in [6.45, 7) is 4.04. The summed E-state index contributed by atoms with van der Waals surface area (Å²) < 4.78 is 0. The quantitative estimate of drug-likeness (QED) is 0.856. The first-order chi connectivity index (χ1) is 9.27. The van der Waals surface area contributed by atoms with Crippen molar-refractivity contribution in [1.29, 1.82) is 0 Å². The van der Waals surface area contributed by atoms with Gasteiger partial charge in [-0.2, -0.15) is 0 Å². The fourth-order valence-corrected chi connectivity index (χ4v) is 4.21. The Morgan fingerprint density at radius 1 is 1.42 bits per heavy atom. The summed E-state index contributed by atoms with van der Waals surface area (Å²) in [5, 5.41) is 5.58. The molecular weight excluding hydrogens is 256 g/mol. The summed E-state index contributed by atoms with van der Waals surface area (Å²) in [6.07, 6.45) is 5.65. The highest BCUT2D eigenvalue weighted by Crippen LogP contribution is 2.33. The molecule has 0 radical (unpaired) electrons. The topological polar surface area (TPSA) is 32.3 Å². The van der Waals surface area contributed by atoms with Crippen molar-refractivity contribution >= 4 is 17.2 Å². The fraction of sp³-hybridized carbons (Fsp3) is 0.667. The van der Waals surface area contributed by atoms with Gasteiger partial charge >= 0.3 is 0 Å². The molecule has 0 aliphatic carbocycles. The van der Waals surface area contributed by atoms with Crippen LogP contribution in [0.15, 0.2) is 11.4 Å². The van der Waals surface area contributed by atoms with Gasteiger partial charge in [-0.15, -0.1) is 11.3 Å². The first-order valence-corrected chi connectivity index (χ1v) is 8.25. The van der Waals surface area contributed by atoms with E-state index in [2.05, 4.69) is 28.6 Å². The number of thiophene rings is 1. The highest BCUT2D eigenvalue weighted by molar-refractivity contribution is 7.10. The van der Waals surface area contributed by atoms with Gasteiger partial charge < -0.3 is 10.2 Å². The predicted molar refractivity (Wildman–Crippen MR) is 78.4 cm³/mol. The molecule has 1 amide bonds. The van der Waals surface area contributed by atoms with Gasteiger partial charge in [-0.3, -0.25) is 4.79 Å². The van der Waals surface area contributed by atoms with Crippen LogP contribution < -0.4 is 5.32 Å². The van der Waals surface area contributed by atoms with Gasteiger partial charge in [0.1, 0.15) is 0 Å². The van der Waals surface area contributed by atoms with Crippen LogP contribution in [0.25, 0.3) is 0 Å². The summed E-state index contributed by atoms with van der Waals surface area (Å²) in [7, 11) is 0.